The summed E-state index contributed by atoms with van der Waals surface area (Å²) >= 11 is 1.37. The van der Waals surface area contributed by atoms with Gasteiger partial charge in [0.25, 0.3) is 5.91 Å². The van der Waals surface area contributed by atoms with Gasteiger partial charge >= 0.3 is 0 Å². The van der Waals surface area contributed by atoms with Gasteiger partial charge in [-0.05, 0) is 44.6 Å². The molecule has 2 N–H and O–H groups in total. The van der Waals surface area contributed by atoms with Crippen molar-refractivity contribution in [2.45, 2.75) is 27.2 Å². The molecule has 21 heavy (non-hydrogen) atoms. The smallest absolute Gasteiger partial charge is 0.261 e. The van der Waals surface area contributed by atoms with Gasteiger partial charge in [-0.15, -0.1) is 11.3 Å². The Morgan fingerprint density at radius 1 is 1.43 bits per heavy atom. The van der Waals surface area contributed by atoms with Gasteiger partial charge in [-0.25, -0.2) is 0 Å². The van der Waals surface area contributed by atoms with E-state index in [0.717, 1.165) is 36.5 Å². The van der Waals surface area contributed by atoms with Crippen LogP contribution < -0.4 is 5.32 Å². The molecule has 0 radical (unpaired) electrons. The van der Waals surface area contributed by atoms with Crippen LogP contribution in [0.15, 0.2) is 6.07 Å². The van der Waals surface area contributed by atoms with Gasteiger partial charge in [-0.3, -0.25) is 4.79 Å². The summed E-state index contributed by atoms with van der Waals surface area (Å²) in [7, 11) is 0. The molecule has 0 aliphatic heterocycles. The third-order valence-electron chi connectivity index (χ3n) is 3.25. The number of amides is 1. The zero-order valence-electron chi connectivity index (χ0n) is 13.0. The molecule has 0 spiro atoms. The van der Waals surface area contributed by atoms with Gasteiger partial charge in [-0.2, -0.15) is 0 Å². The number of aliphatic hydroxyl groups excluding tert-OH is 1. The highest BCUT2D eigenvalue weighted by Crippen LogP contribution is 2.20. The van der Waals surface area contributed by atoms with E-state index < -0.39 is 0 Å². The lowest BCUT2D eigenvalue weighted by Crippen LogP contribution is -2.29. The minimum Gasteiger partial charge on any atom is -0.384 e. The van der Waals surface area contributed by atoms with E-state index in [1.54, 1.807) is 0 Å². The zero-order valence-corrected chi connectivity index (χ0v) is 13.8. The van der Waals surface area contributed by atoms with E-state index >= 15 is 0 Å². The second kappa shape index (κ2) is 9.56. The van der Waals surface area contributed by atoms with E-state index in [1.165, 1.54) is 11.3 Å². The highest BCUT2D eigenvalue weighted by Gasteiger charge is 2.11. The standard InChI is InChI=1S/C16H24N2O2S/c1-4-18(5-2)10-7-9-17-16(20)15-12-13(3)14(21-15)8-6-11-19/h12,19H,4-5,7,9-11H2,1-3H3,(H,17,20). The van der Waals surface area contributed by atoms with Crippen LogP contribution in [-0.2, 0) is 0 Å². The maximum atomic E-state index is 12.1. The molecule has 1 aromatic rings. The van der Waals surface area contributed by atoms with Gasteiger partial charge in [-0.1, -0.05) is 25.7 Å². The largest absolute Gasteiger partial charge is 0.384 e. The van der Waals surface area contributed by atoms with Crippen LogP contribution in [0.25, 0.3) is 0 Å². The molecule has 0 saturated heterocycles. The molecular formula is C16H24N2O2S. The zero-order chi connectivity index (χ0) is 15.7. The molecule has 0 aliphatic rings. The Balaban J connectivity index is 2.45. The summed E-state index contributed by atoms with van der Waals surface area (Å²) in [6, 6.07) is 1.85. The van der Waals surface area contributed by atoms with Crippen molar-refractivity contribution in [1.82, 2.24) is 10.2 Å². The van der Waals surface area contributed by atoms with Gasteiger partial charge in [0, 0.05) is 6.54 Å². The van der Waals surface area contributed by atoms with Gasteiger partial charge in [0.2, 0.25) is 0 Å². The molecule has 0 fully saturated rings. The molecule has 116 valence electrons. The molecule has 5 heteroatoms. The van der Waals surface area contributed by atoms with E-state index in [1.807, 2.05) is 13.0 Å². The lowest BCUT2D eigenvalue weighted by molar-refractivity contribution is 0.0956. The molecule has 1 aromatic heterocycles. The normalized spacial score (nSPS) is 10.3. The molecule has 1 heterocycles. The number of rotatable bonds is 7. The summed E-state index contributed by atoms with van der Waals surface area (Å²) in [4.78, 5) is 15.9. The number of aliphatic hydroxyl groups is 1. The Hall–Kier alpha value is -1.35. The van der Waals surface area contributed by atoms with Crippen molar-refractivity contribution < 1.29 is 9.90 Å². The third-order valence-corrected chi connectivity index (χ3v) is 4.40. The Kier molecular flexibility index (Phi) is 8.06. The maximum absolute atomic E-state index is 12.1. The van der Waals surface area contributed by atoms with Crippen LogP contribution in [0.3, 0.4) is 0 Å². The first-order valence-electron chi connectivity index (χ1n) is 7.33. The average Bonchev–Trinajstić information content (AvgIpc) is 2.86. The molecule has 0 atom stereocenters. The first-order chi connectivity index (χ1) is 10.1. The van der Waals surface area contributed by atoms with Crippen LogP contribution >= 0.6 is 11.3 Å². The predicted molar refractivity (Wildman–Crippen MR) is 87.8 cm³/mol. The van der Waals surface area contributed by atoms with Crippen LogP contribution in [0.5, 0.6) is 0 Å². The van der Waals surface area contributed by atoms with E-state index in [9.17, 15) is 4.79 Å². The number of carbonyl (C=O) groups excluding carboxylic acids is 1. The van der Waals surface area contributed by atoms with Crippen LogP contribution in [0.4, 0.5) is 0 Å². The lowest BCUT2D eigenvalue weighted by atomic mass is 10.2. The highest BCUT2D eigenvalue weighted by atomic mass is 32.1. The molecule has 0 aliphatic carbocycles. The minimum atomic E-state index is -0.162. The second-order valence-corrected chi connectivity index (χ2v) is 5.77. The third kappa shape index (κ3) is 5.88. The van der Waals surface area contributed by atoms with Crippen molar-refractivity contribution in [2.24, 2.45) is 0 Å². The number of carbonyl (C=O) groups is 1. The molecule has 0 unspecified atom stereocenters. The number of nitrogens with one attached hydrogen (secondary N) is 1. The van der Waals surface area contributed by atoms with Crippen LogP contribution in [-0.4, -0.2) is 48.7 Å². The first kappa shape index (κ1) is 17.7. The van der Waals surface area contributed by atoms with Crippen molar-refractivity contribution in [3.63, 3.8) is 0 Å². The van der Waals surface area contributed by atoms with E-state index in [2.05, 4.69) is 35.9 Å². The number of hydrogen-bond donors (Lipinski definition) is 2. The quantitative estimate of drug-likeness (QED) is 0.597. The highest BCUT2D eigenvalue weighted by molar-refractivity contribution is 7.14. The first-order valence-corrected chi connectivity index (χ1v) is 8.14. The fourth-order valence-electron chi connectivity index (χ4n) is 1.97. The number of hydrogen-bond acceptors (Lipinski definition) is 4. The molecule has 0 saturated carbocycles. The summed E-state index contributed by atoms with van der Waals surface area (Å²) in [5, 5.41) is 11.7. The van der Waals surface area contributed by atoms with Crippen molar-refractivity contribution in [3.05, 3.63) is 21.4 Å². The molecule has 1 amide bonds. The number of nitrogens with zero attached hydrogens (tertiary/aromatic N) is 1. The molecule has 0 bridgehead atoms. The molecule has 1 rings (SSSR count). The predicted octanol–water partition coefficient (Wildman–Crippen LogP) is 1.86. The fraction of sp³-hybridized carbons (Fsp3) is 0.562. The topological polar surface area (TPSA) is 52.6 Å². The van der Waals surface area contributed by atoms with Crippen LogP contribution in [0, 0.1) is 18.8 Å². The average molecular weight is 308 g/mol. The number of thiophene rings is 1. The van der Waals surface area contributed by atoms with E-state index in [0.29, 0.717) is 11.4 Å². The second-order valence-electron chi connectivity index (χ2n) is 4.72. The van der Waals surface area contributed by atoms with Crippen molar-refractivity contribution in [3.8, 4) is 11.8 Å². The number of aryl methyl sites for hydroxylation is 1. The summed E-state index contributed by atoms with van der Waals surface area (Å²) in [5.41, 5.74) is 0.981. The monoisotopic (exact) mass is 308 g/mol. The minimum absolute atomic E-state index is 0.0419. The van der Waals surface area contributed by atoms with Gasteiger partial charge in [0.05, 0.1) is 9.75 Å². The van der Waals surface area contributed by atoms with E-state index in [-0.39, 0.29) is 12.5 Å². The molecule has 0 aromatic carbocycles. The van der Waals surface area contributed by atoms with Crippen molar-refractivity contribution in [2.75, 3.05) is 32.8 Å². The lowest BCUT2D eigenvalue weighted by Gasteiger charge is -2.17. The Morgan fingerprint density at radius 2 is 2.14 bits per heavy atom. The fourth-order valence-corrected chi connectivity index (χ4v) is 2.93. The molecular weight excluding hydrogens is 284 g/mol. The Bertz CT molecular complexity index is 510. The Labute approximate surface area is 131 Å². The summed E-state index contributed by atoms with van der Waals surface area (Å²) in [6.07, 6.45) is 0.953. The van der Waals surface area contributed by atoms with Crippen LogP contribution in [0.1, 0.15) is 40.4 Å². The summed E-state index contributed by atoms with van der Waals surface area (Å²) < 4.78 is 0. The summed E-state index contributed by atoms with van der Waals surface area (Å²) in [6.45, 7) is 9.83. The van der Waals surface area contributed by atoms with Crippen LogP contribution in [0.2, 0.25) is 0 Å². The van der Waals surface area contributed by atoms with Gasteiger partial charge < -0.3 is 15.3 Å². The van der Waals surface area contributed by atoms with Gasteiger partial charge in [0.15, 0.2) is 0 Å². The van der Waals surface area contributed by atoms with Crippen molar-refractivity contribution in [1.29, 1.82) is 0 Å². The van der Waals surface area contributed by atoms with E-state index in [4.69, 9.17) is 5.11 Å². The Morgan fingerprint density at radius 3 is 2.76 bits per heavy atom. The summed E-state index contributed by atoms with van der Waals surface area (Å²) in [5.74, 6) is 5.44. The SMILES string of the molecule is CCN(CC)CCCNC(=O)c1cc(C)c(C#CCO)s1. The molecule has 4 nitrogen and oxygen atoms in total. The van der Waals surface area contributed by atoms with Gasteiger partial charge in [0.1, 0.15) is 6.61 Å². The van der Waals surface area contributed by atoms with Crippen molar-refractivity contribution >= 4 is 17.2 Å². The maximum Gasteiger partial charge on any atom is 0.261 e.